The van der Waals surface area contributed by atoms with Gasteiger partial charge >= 0.3 is 11.9 Å². The van der Waals surface area contributed by atoms with E-state index in [1.165, 1.54) is 29.9 Å². The molecule has 3 aromatic rings. The van der Waals surface area contributed by atoms with Crippen LogP contribution in [0.5, 0.6) is 5.75 Å². The van der Waals surface area contributed by atoms with Gasteiger partial charge < -0.3 is 30.5 Å². The number of halogens is 1. The van der Waals surface area contributed by atoms with Crippen molar-refractivity contribution in [1.29, 1.82) is 0 Å². The summed E-state index contributed by atoms with van der Waals surface area (Å²) in [5.41, 5.74) is 1.00. The first-order chi connectivity index (χ1) is 25.8. The number of hydrogen-bond donors (Lipinski definition) is 4. The average molecular weight is 759 g/mol. The average Bonchev–Trinajstić information content (AvgIpc) is 3.74. The van der Waals surface area contributed by atoms with Crippen molar-refractivity contribution >= 4 is 58.9 Å². The minimum atomic E-state index is -1.34. The summed E-state index contributed by atoms with van der Waals surface area (Å²) in [5.74, 6) is -3.42. The number of amides is 4. The molecule has 4 amide bonds. The van der Waals surface area contributed by atoms with Crippen LogP contribution in [0, 0.1) is 5.41 Å². The van der Waals surface area contributed by atoms with Gasteiger partial charge in [0, 0.05) is 37.0 Å². The van der Waals surface area contributed by atoms with Crippen LogP contribution in [-0.4, -0.2) is 70.4 Å². The van der Waals surface area contributed by atoms with Crippen LogP contribution in [0.4, 0.5) is 5.69 Å². The molecule has 2 fully saturated rings. The highest BCUT2D eigenvalue weighted by molar-refractivity contribution is 6.30. The van der Waals surface area contributed by atoms with E-state index in [2.05, 4.69) is 10.6 Å². The monoisotopic (exact) mass is 758 g/mol. The zero-order valence-electron chi connectivity index (χ0n) is 30.0. The highest BCUT2D eigenvalue weighted by atomic mass is 35.5. The molecule has 0 radical (unpaired) electrons. The van der Waals surface area contributed by atoms with Gasteiger partial charge in [-0.2, -0.15) is 0 Å². The third-order valence-corrected chi connectivity index (χ3v) is 10.2. The molecule has 2 unspecified atom stereocenters. The van der Waals surface area contributed by atoms with E-state index in [9.17, 15) is 39.0 Å². The summed E-state index contributed by atoms with van der Waals surface area (Å²) in [5, 5.41) is 25.2. The first-order valence-corrected chi connectivity index (χ1v) is 18.0. The zero-order valence-corrected chi connectivity index (χ0v) is 30.8. The van der Waals surface area contributed by atoms with Crippen molar-refractivity contribution in [2.75, 3.05) is 18.6 Å². The Morgan fingerprint density at radius 3 is 2.15 bits per heavy atom. The van der Waals surface area contributed by atoms with Crippen molar-refractivity contribution in [3.8, 4) is 5.75 Å². The quantitative estimate of drug-likeness (QED) is 0.149. The molecule has 4 N–H and O–H groups in total. The third-order valence-electron chi connectivity index (χ3n) is 9.94. The molecule has 1 aliphatic carbocycles. The molecule has 14 heteroatoms. The Morgan fingerprint density at radius 1 is 0.926 bits per heavy atom. The first-order valence-electron chi connectivity index (χ1n) is 17.7. The summed E-state index contributed by atoms with van der Waals surface area (Å²) in [6, 6.07) is 19.2. The summed E-state index contributed by atoms with van der Waals surface area (Å²) in [6.45, 7) is 1.69. The Bertz CT molecular complexity index is 1910. The van der Waals surface area contributed by atoms with Gasteiger partial charge in [0.15, 0.2) is 0 Å². The number of anilines is 1. The molecule has 0 spiro atoms. The van der Waals surface area contributed by atoms with Crippen LogP contribution >= 0.6 is 11.6 Å². The zero-order chi connectivity index (χ0) is 39.0. The number of aliphatic carboxylic acids is 2. The van der Waals surface area contributed by atoms with Gasteiger partial charge in [0.1, 0.15) is 23.7 Å². The molecule has 284 valence electrons. The minimum Gasteiger partial charge on any atom is -0.497 e. The Labute approximate surface area is 317 Å². The van der Waals surface area contributed by atoms with Gasteiger partial charge in [0.2, 0.25) is 17.7 Å². The van der Waals surface area contributed by atoms with Crippen LogP contribution in [0.15, 0.2) is 78.5 Å². The Kier molecular flexibility index (Phi) is 12.8. The van der Waals surface area contributed by atoms with Crippen molar-refractivity contribution in [3.05, 3.63) is 100 Å². The number of carbonyl (C=O) groups excluding carboxylic acids is 4. The minimum absolute atomic E-state index is 0.136. The summed E-state index contributed by atoms with van der Waals surface area (Å²) in [4.78, 5) is 80.0. The standard InChI is InChI=1S/C40H43ClN4O9/c1-25(46)42-22-21-40(19-3-4-20-40)39(53)43-32(38(51)52)23-26-5-13-30(14-6-26)44-36(28-9-11-29(41)12-10-28)45(34(47)17-18-35(48)49)33(37(44)50)24-27-7-15-31(54-2)16-8-27/h5-16,23,33,36H,3-4,17-22,24H2,1-2H3,(H,42,46)(H,43,53)(H,48,49)(H,51,52). The summed E-state index contributed by atoms with van der Waals surface area (Å²) >= 11 is 6.21. The Morgan fingerprint density at radius 2 is 1.57 bits per heavy atom. The molecule has 5 rings (SSSR count). The van der Waals surface area contributed by atoms with Crippen LogP contribution in [0.2, 0.25) is 5.02 Å². The molecular weight excluding hydrogens is 716 g/mol. The van der Waals surface area contributed by atoms with E-state index in [0.29, 0.717) is 53.4 Å². The second kappa shape index (κ2) is 17.4. The number of benzene rings is 3. The molecule has 1 saturated heterocycles. The van der Waals surface area contributed by atoms with Crippen LogP contribution in [-0.2, 0) is 35.2 Å². The lowest BCUT2D eigenvalue weighted by Crippen LogP contribution is -2.42. The second-order valence-electron chi connectivity index (χ2n) is 13.5. The van der Waals surface area contributed by atoms with Crippen molar-refractivity contribution in [1.82, 2.24) is 15.5 Å². The predicted molar refractivity (Wildman–Crippen MR) is 200 cm³/mol. The molecule has 1 saturated carbocycles. The van der Waals surface area contributed by atoms with E-state index in [0.717, 1.165) is 18.4 Å². The predicted octanol–water partition coefficient (Wildman–Crippen LogP) is 5.33. The van der Waals surface area contributed by atoms with Gasteiger partial charge in [-0.15, -0.1) is 0 Å². The number of carbonyl (C=O) groups is 6. The lowest BCUT2D eigenvalue weighted by atomic mass is 9.81. The molecule has 1 aliphatic heterocycles. The number of nitrogens with zero attached hydrogens (tertiary/aromatic N) is 2. The van der Waals surface area contributed by atoms with Gasteiger partial charge in [0.05, 0.1) is 18.9 Å². The lowest BCUT2D eigenvalue weighted by Gasteiger charge is -2.32. The van der Waals surface area contributed by atoms with E-state index < -0.39 is 53.7 Å². The summed E-state index contributed by atoms with van der Waals surface area (Å²) in [7, 11) is 1.54. The van der Waals surface area contributed by atoms with E-state index >= 15 is 0 Å². The van der Waals surface area contributed by atoms with Crippen molar-refractivity contribution in [3.63, 3.8) is 0 Å². The smallest absolute Gasteiger partial charge is 0.352 e. The summed E-state index contributed by atoms with van der Waals surface area (Å²) in [6.07, 6.45) is 2.92. The number of carboxylic acid groups (broad SMARTS) is 2. The molecule has 13 nitrogen and oxygen atoms in total. The van der Waals surface area contributed by atoms with Crippen molar-refractivity contribution in [2.45, 2.75) is 70.5 Å². The molecule has 1 heterocycles. The normalized spacial score (nSPS) is 18.0. The second-order valence-corrected chi connectivity index (χ2v) is 14.0. The van der Waals surface area contributed by atoms with Crippen LogP contribution in [0.1, 0.15) is 74.7 Å². The number of carboxylic acids is 2. The number of methoxy groups -OCH3 is 1. The maximum atomic E-state index is 14.5. The third kappa shape index (κ3) is 9.26. The molecule has 3 aromatic carbocycles. The lowest BCUT2D eigenvalue weighted by molar-refractivity contribution is -0.142. The van der Waals surface area contributed by atoms with E-state index in [1.807, 2.05) is 0 Å². The van der Waals surface area contributed by atoms with E-state index in [-0.39, 0.29) is 24.4 Å². The molecular formula is C40H43ClN4O9. The molecule has 0 aromatic heterocycles. The molecule has 0 bridgehead atoms. The molecule has 2 aliphatic rings. The van der Waals surface area contributed by atoms with Gasteiger partial charge in [-0.1, -0.05) is 60.8 Å². The highest BCUT2D eigenvalue weighted by Crippen LogP contribution is 2.42. The van der Waals surface area contributed by atoms with E-state index in [4.69, 9.17) is 16.3 Å². The number of rotatable bonds is 15. The number of nitrogens with one attached hydrogen (secondary N) is 2. The SMILES string of the molecule is COc1ccc(CC2C(=O)N(c3ccc(C=C(NC(=O)C4(CCNC(C)=O)CCCC4)C(=O)O)cc3)C(c3ccc(Cl)cc3)N2C(=O)CCC(=O)O)cc1. The number of ether oxygens (including phenoxy) is 1. The Hall–Kier alpha value is -5.69. The Balaban J connectivity index is 1.48. The maximum absolute atomic E-state index is 14.5. The maximum Gasteiger partial charge on any atom is 0.352 e. The van der Waals surface area contributed by atoms with Gasteiger partial charge in [0.25, 0.3) is 5.91 Å². The summed E-state index contributed by atoms with van der Waals surface area (Å²) < 4.78 is 5.27. The molecule has 2 atom stereocenters. The number of hydrogen-bond acceptors (Lipinski definition) is 7. The van der Waals surface area contributed by atoms with Crippen molar-refractivity contribution in [2.24, 2.45) is 5.41 Å². The highest BCUT2D eigenvalue weighted by Gasteiger charge is 2.49. The fraction of sp³-hybridized carbons (Fsp3) is 0.350. The first kappa shape index (κ1) is 39.5. The van der Waals surface area contributed by atoms with Crippen LogP contribution < -0.4 is 20.3 Å². The fourth-order valence-corrected chi connectivity index (χ4v) is 7.28. The van der Waals surface area contributed by atoms with Gasteiger partial charge in [-0.25, -0.2) is 4.79 Å². The fourth-order valence-electron chi connectivity index (χ4n) is 7.16. The van der Waals surface area contributed by atoms with Crippen LogP contribution in [0.25, 0.3) is 6.08 Å². The van der Waals surface area contributed by atoms with Crippen molar-refractivity contribution < 1.29 is 43.7 Å². The van der Waals surface area contributed by atoms with Gasteiger partial charge in [-0.3, -0.25) is 28.9 Å². The molecule has 54 heavy (non-hydrogen) atoms. The topological polar surface area (TPSA) is 183 Å². The van der Waals surface area contributed by atoms with Crippen LogP contribution in [0.3, 0.4) is 0 Å². The van der Waals surface area contributed by atoms with E-state index in [1.54, 1.807) is 72.8 Å². The van der Waals surface area contributed by atoms with Gasteiger partial charge in [-0.05, 0) is 78.4 Å². The largest absolute Gasteiger partial charge is 0.497 e.